The first-order chi connectivity index (χ1) is 8.49. The molecule has 1 aromatic carbocycles. The van der Waals surface area contributed by atoms with Crippen LogP contribution in [0, 0.1) is 30.5 Å². The summed E-state index contributed by atoms with van der Waals surface area (Å²) >= 11 is 0. The topological polar surface area (TPSA) is 26.0 Å². The second-order valence-electron chi connectivity index (χ2n) is 6.05. The first-order valence-corrected chi connectivity index (χ1v) is 7.00. The van der Waals surface area contributed by atoms with E-state index in [-0.39, 0.29) is 11.9 Å². The van der Waals surface area contributed by atoms with E-state index in [2.05, 4.69) is 13.8 Å². The second kappa shape index (κ2) is 5.40. The van der Waals surface area contributed by atoms with E-state index in [4.69, 9.17) is 5.73 Å². The van der Waals surface area contributed by atoms with Crippen molar-refractivity contribution < 1.29 is 4.39 Å². The predicted octanol–water partition coefficient (Wildman–Crippen LogP) is 4.21. The highest BCUT2D eigenvalue weighted by atomic mass is 19.1. The minimum Gasteiger partial charge on any atom is -0.324 e. The minimum absolute atomic E-state index is 0.0179. The van der Waals surface area contributed by atoms with Crippen LogP contribution in [0.4, 0.5) is 4.39 Å². The molecular weight excluding hydrogens is 225 g/mol. The highest BCUT2D eigenvalue weighted by Crippen LogP contribution is 2.39. The molecule has 1 aliphatic carbocycles. The van der Waals surface area contributed by atoms with Crippen molar-refractivity contribution in [2.45, 2.75) is 46.1 Å². The number of aryl methyl sites for hydroxylation is 1. The lowest BCUT2D eigenvalue weighted by Crippen LogP contribution is -2.29. The van der Waals surface area contributed by atoms with Gasteiger partial charge in [-0.05, 0) is 60.8 Å². The van der Waals surface area contributed by atoms with Gasteiger partial charge in [0.1, 0.15) is 5.82 Å². The molecule has 0 bridgehead atoms. The van der Waals surface area contributed by atoms with Crippen LogP contribution in [0.15, 0.2) is 18.2 Å². The Kier molecular flexibility index (Phi) is 4.06. The lowest BCUT2D eigenvalue weighted by molar-refractivity contribution is 0.185. The van der Waals surface area contributed by atoms with Crippen molar-refractivity contribution in [3.8, 4) is 0 Å². The van der Waals surface area contributed by atoms with E-state index in [0.717, 1.165) is 29.4 Å². The molecule has 0 spiro atoms. The Hall–Kier alpha value is -0.890. The Morgan fingerprint density at radius 1 is 1.22 bits per heavy atom. The van der Waals surface area contributed by atoms with E-state index in [0.29, 0.717) is 5.92 Å². The molecule has 1 saturated carbocycles. The second-order valence-corrected chi connectivity index (χ2v) is 6.05. The first-order valence-electron chi connectivity index (χ1n) is 7.00. The summed E-state index contributed by atoms with van der Waals surface area (Å²) < 4.78 is 13.4. The third-order valence-corrected chi connectivity index (χ3v) is 4.75. The van der Waals surface area contributed by atoms with Crippen molar-refractivity contribution in [3.63, 3.8) is 0 Å². The van der Waals surface area contributed by atoms with Crippen molar-refractivity contribution in [1.82, 2.24) is 0 Å². The molecule has 1 nitrogen and oxygen atoms in total. The molecule has 2 rings (SSSR count). The van der Waals surface area contributed by atoms with Gasteiger partial charge in [-0.15, -0.1) is 0 Å². The normalized spacial score (nSPS) is 30.2. The van der Waals surface area contributed by atoms with Crippen LogP contribution in [0.25, 0.3) is 0 Å². The molecule has 0 amide bonds. The Labute approximate surface area is 110 Å². The molecule has 4 atom stereocenters. The Balaban J connectivity index is 2.16. The monoisotopic (exact) mass is 249 g/mol. The molecule has 0 aliphatic heterocycles. The quantitative estimate of drug-likeness (QED) is 0.835. The van der Waals surface area contributed by atoms with Gasteiger partial charge in [0, 0.05) is 6.04 Å². The Morgan fingerprint density at radius 3 is 2.61 bits per heavy atom. The number of benzene rings is 1. The van der Waals surface area contributed by atoms with Crippen molar-refractivity contribution in [2.75, 3.05) is 0 Å². The van der Waals surface area contributed by atoms with Gasteiger partial charge in [-0.25, -0.2) is 4.39 Å². The van der Waals surface area contributed by atoms with Crippen molar-refractivity contribution >= 4 is 0 Å². The summed E-state index contributed by atoms with van der Waals surface area (Å²) in [6.45, 7) is 6.64. The SMILES string of the molecule is Cc1ccc(F)cc1C(N)C1CCC(C)C(C)C1. The van der Waals surface area contributed by atoms with Crippen LogP contribution in [0.3, 0.4) is 0 Å². The van der Waals surface area contributed by atoms with Crippen molar-refractivity contribution in [1.29, 1.82) is 0 Å². The molecule has 2 N–H and O–H groups in total. The Morgan fingerprint density at radius 2 is 1.94 bits per heavy atom. The molecule has 1 fully saturated rings. The molecule has 100 valence electrons. The zero-order valence-corrected chi connectivity index (χ0v) is 11.6. The van der Waals surface area contributed by atoms with Crippen LogP contribution in [-0.2, 0) is 0 Å². The summed E-state index contributed by atoms with van der Waals surface area (Å²) in [5, 5.41) is 0. The van der Waals surface area contributed by atoms with Gasteiger partial charge >= 0.3 is 0 Å². The van der Waals surface area contributed by atoms with E-state index in [1.54, 1.807) is 6.07 Å². The maximum absolute atomic E-state index is 13.4. The maximum atomic E-state index is 13.4. The van der Waals surface area contributed by atoms with Crippen LogP contribution in [0.1, 0.15) is 50.3 Å². The predicted molar refractivity (Wildman–Crippen MR) is 73.7 cm³/mol. The van der Waals surface area contributed by atoms with E-state index in [1.807, 2.05) is 13.0 Å². The standard InChI is InChI=1S/C16H24FN/c1-10-4-6-13(8-12(10)3)16(18)15-9-14(17)7-5-11(15)2/h5,7,9-10,12-13,16H,4,6,8,18H2,1-3H3. The van der Waals surface area contributed by atoms with E-state index >= 15 is 0 Å². The largest absolute Gasteiger partial charge is 0.324 e. The highest BCUT2D eigenvalue weighted by Gasteiger charge is 2.29. The third-order valence-electron chi connectivity index (χ3n) is 4.75. The lowest BCUT2D eigenvalue weighted by Gasteiger charge is -2.35. The van der Waals surface area contributed by atoms with Crippen molar-refractivity contribution in [2.24, 2.45) is 23.5 Å². The average molecular weight is 249 g/mol. The number of hydrogen-bond acceptors (Lipinski definition) is 1. The molecule has 0 heterocycles. The first kappa shape index (κ1) is 13.5. The fraction of sp³-hybridized carbons (Fsp3) is 0.625. The number of nitrogens with two attached hydrogens (primary N) is 1. The molecule has 1 aromatic rings. The van der Waals surface area contributed by atoms with Crippen LogP contribution in [0.5, 0.6) is 0 Å². The van der Waals surface area contributed by atoms with E-state index in [1.165, 1.54) is 18.9 Å². The van der Waals surface area contributed by atoms with Gasteiger partial charge in [-0.3, -0.25) is 0 Å². The van der Waals surface area contributed by atoms with Gasteiger partial charge < -0.3 is 5.73 Å². The van der Waals surface area contributed by atoms with E-state index < -0.39 is 0 Å². The minimum atomic E-state index is -0.178. The zero-order chi connectivity index (χ0) is 13.3. The summed E-state index contributed by atoms with van der Waals surface area (Å²) in [6.07, 6.45) is 3.58. The van der Waals surface area contributed by atoms with Gasteiger partial charge in [0.05, 0.1) is 0 Å². The Bertz CT molecular complexity index is 416. The van der Waals surface area contributed by atoms with Crippen LogP contribution in [0.2, 0.25) is 0 Å². The molecule has 0 radical (unpaired) electrons. The molecule has 4 unspecified atom stereocenters. The van der Waals surface area contributed by atoms with Crippen LogP contribution in [-0.4, -0.2) is 0 Å². The lowest BCUT2D eigenvalue weighted by atomic mass is 9.72. The summed E-state index contributed by atoms with van der Waals surface area (Å²) in [5.41, 5.74) is 8.47. The van der Waals surface area contributed by atoms with Gasteiger partial charge in [-0.1, -0.05) is 26.3 Å². The van der Waals surface area contributed by atoms with Gasteiger partial charge in [-0.2, -0.15) is 0 Å². The smallest absolute Gasteiger partial charge is 0.123 e. The number of rotatable bonds is 2. The van der Waals surface area contributed by atoms with Crippen molar-refractivity contribution in [3.05, 3.63) is 35.1 Å². The van der Waals surface area contributed by atoms with E-state index in [9.17, 15) is 4.39 Å². The number of hydrogen-bond donors (Lipinski definition) is 1. The van der Waals surface area contributed by atoms with Crippen LogP contribution >= 0.6 is 0 Å². The number of halogens is 1. The molecular formula is C16H24FN. The molecule has 0 saturated heterocycles. The molecule has 1 aliphatic rings. The summed E-state index contributed by atoms with van der Waals surface area (Å²) in [7, 11) is 0. The zero-order valence-electron chi connectivity index (χ0n) is 11.6. The third kappa shape index (κ3) is 2.74. The summed E-state index contributed by atoms with van der Waals surface area (Å²) in [5.74, 6) is 1.84. The van der Waals surface area contributed by atoms with Gasteiger partial charge in [0.15, 0.2) is 0 Å². The van der Waals surface area contributed by atoms with Crippen LogP contribution < -0.4 is 5.73 Å². The molecule has 18 heavy (non-hydrogen) atoms. The molecule has 0 aromatic heterocycles. The highest BCUT2D eigenvalue weighted by molar-refractivity contribution is 5.29. The molecule has 2 heteroatoms. The van der Waals surface area contributed by atoms with Gasteiger partial charge in [0.2, 0.25) is 0 Å². The fourth-order valence-electron chi connectivity index (χ4n) is 3.14. The average Bonchev–Trinajstić information content (AvgIpc) is 2.35. The fourth-order valence-corrected chi connectivity index (χ4v) is 3.14. The maximum Gasteiger partial charge on any atom is 0.123 e. The summed E-state index contributed by atoms with van der Waals surface area (Å²) in [4.78, 5) is 0. The summed E-state index contributed by atoms with van der Waals surface area (Å²) in [6, 6.07) is 4.94. The van der Waals surface area contributed by atoms with Gasteiger partial charge in [0.25, 0.3) is 0 Å².